The van der Waals surface area contributed by atoms with E-state index in [9.17, 15) is 18.0 Å². The van der Waals surface area contributed by atoms with Crippen molar-refractivity contribution in [3.05, 3.63) is 0 Å². The van der Waals surface area contributed by atoms with Crippen LogP contribution in [-0.4, -0.2) is 24.0 Å². The third-order valence-electron chi connectivity index (χ3n) is 3.61. The van der Waals surface area contributed by atoms with E-state index in [2.05, 4.69) is 21.2 Å². The zero-order chi connectivity index (χ0) is 14.7. The van der Waals surface area contributed by atoms with Crippen LogP contribution in [0.2, 0.25) is 0 Å². The van der Waals surface area contributed by atoms with E-state index in [1.807, 2.05) is 13.8 Å². The van der Waals surface area contributed by atoms with E-state index in [1.54, 1.807) is 0 Å². The summed E-state index contributed by atoms with van der Waals surface area (Å²) in [6.07, 6.45) is -3.05. The second kappa shape index (κ2) is 6.46. The Morgan fingerprint density at radius 2 is 1.95 bits per heavy atom. The van der Waals surface area contributed by atoms with E-state index in [0.29, 0.717) is 19.4 Å². The first-order valence-electron chi connectivity index (χ1n) is 6.56. The standard InChI is InChI=1S/C13H21BrF3NO/c1-12(2,7-14)8-18-11(19)9-4-3-5-10(6-9)13(15,16)17/h9-10H,3-8H2,1-2H3,(H,18,19). The summed E-state index contributed by atoms with van der Waals surface area (Å²) in [5.74, 6) is -2.05. The van der Waals surface area contributed by atoms with Crippen molar-refractivity contribution < 1.29 is 18.0 Å². The van der Waals surface area contributed by atoms with Crippen LogP contribution in [0.15, 0.2) is 0 Å². The van der Waals surface area contributed by atoms with Crippen molar-refractivity contribution in [3.8, 4) is 0 Å². The Balaban J connectivity index is 2.49. The van der Waals surface area contributed by atoms with Crippen molar-refractivity contribution in [1.82, 2.24) is 5.32 Å². The predicted molar refractivity (Wildman–Crippen MR) is 72.1 cm³/mol. The number of carbonyl (C=O) groups is 1. The fourth-order valence-electron chi connectivity index (χ4n) is 2.24. The quantitative estimate of drug-likeness (QED) is 0.771. The number of nitrogens with one attached hydrogen (secondary N) is 1. The van der Waals surface area contributed by atoms with Gasteiger partial charge in [-0.1, -0.05) is 36.2 Å². The number of hydrogen-bond donors (Lipinski definition) is 1. The normalized spacial score (nSPS) is 25.2. The van der Waals surface area contributed by atoms with Crippen molar-refractivity contribution in [3.63, 3.8) is 0 Å². The van der Waals surface area contributed by atoms with E-state index in [-0.39, 0.29) is 24.2 Å². The van der Waals surface area contributed by atoms with Crippen molar-refractivity contribution in [2.45, 2.75) is 45.7 Å². The Morgan fingerprint density at radius 3 is 2.47 bits per heavy atom. The first-order chi connectivity index (χ1) is 8.65. The average Bonchev–Trinajstić information content (AvgIpc) is 2.35. The Hall–Kier alpha value is -0.260. The van der Waals surface area contributed by atoms with Crippen molar-refractivity contribution in [2.75, 3.05) is 11.9 Å². The molecule has 0 radical (unpaired) electrons. The maximum absolute atomic E-state index is 12.7. The largest absolute Gasteiger partial charge is 0.391 e. The molecule has 0 spiro atoms. The monoisotopic (exact) mass is 343 g/mol. The number of alkyl halides is 4. The summed E-state index contributed by atoms with van der Waals surface area (Å²) in [6.45, 7) is 4.45. The number of halogens is 4. The topological polar surface area (TPSA) is 29.1 Å². The second-order valence-corrected chi connectivity index (χ2v) is 6.68. The molecule has 112 valence electrons. The molecule has 1 fully saturated rings. The summed E-state index contributed by atoms with van der Waals surface area (Å²) < 4.78 is 38.0. The maximum atomic E-state index is 12.7. The zero-order valence-electron chi connectivity index (χ0n) is 11.3. The molecule has 2 unspecified atom stereocenters. The molecule has 1 saturated carbocycles. The van der Waals surface area contributed by atoms with Gasteiger partial charge in [-0.15, -0.1) is 0 Å². The lowest BCUT2D eigenvalue weighted by atomic mass is 9.80. The van der Waals surface area contributed by atoms with Gasteiger partial charge in [0.1, 0.15) is 0 Å². The molecule has 0 saturated heterocycles. The second-order valence-electron chi connectivity index (χ2n) is 6.12. The highest BCUT2D eigenvalue weighted by molar-refractivity contribution is 9.09. The van der Waals surface area contributed by atoms with Gasteiger partial charge in [0.2, 0.25) is 5.91 Å². The molecule has 2 nitrogen and oxygen atoms in total. The van der Waals surface area contributed by atoms with Crippen LogP contribution in [0, 0.1) is 17.3 Å². The molecule has 2 atom stereocenters. The van der Waals surface area contributed by atoms with Crippen LogP contribution in [0.1, 0.15) is 39.5 Å². The molecule has 0 aromatic carbocycles. The van der Waals surface area contributed by atoms with Crippen molar-refractivity contribution in [1.29, 1.82) is 0 Å². The van der Waals surface area contributed by atoms with E-state index in [4.69, 9.17) is 0 Å². The molecule has 0 bridgehead atoms. The lowest BCUT2D eigenvalue weighted by Gasteiger charge is -2.31. The lowest BCUT2D eigenvalue weighted by Crippen LogP contribution is -2.41. The Morgan fingerprint density at radius 1 is 1.32 bits per heavy atom. The molecule has 0 aliphatic heterocycles. The minimum atomic E-state index is -4.17. The molecule has 1 amide bonds. The van der Waals surface area contributed by atoms with Crippen LogP contribution in [0.4, 0.5) is 13.2 Å². The number of carbonyl (C=O) groups excluding carboxylic acids is 1. The minimum absolute atomic E-state index is 0.0654. The smallest absolute Gasteiger partial charge is 0.355 e. The third-order valence-corrected chi connectivity index (χ3v) is 5.13. The van der Waals surface area contributed by atoms with E-state index >= 15 is 0 Å². The highest BCUT2D eigenvalue weighted by Crippen LogP contribution is 2.39. The summed E-state index contributed by atoms with van der Waals surface area (Å²) in [7, 11) is 0. The van der Waals surface area contributed by atoms with Gasteiger partial charge in [-0.3, -0.25) is 4.79 Å². The molecule has 19 heavy (non-hydrogen) atoms. The van der Waals surface area contributed by atoms with Gasteiger partial charge in [-0.05, 0) is 24.7 Å². The highest BCUT2D eigenvalue weighted by atomic mass is 79.9. The summed E-state index contributed by atoms with van der Waals surface area (Å²) in [4.78, 5) is 11.9. The van der Waals surface area contributed by atoms with Crippen molar-refractivity contribution in [2.24, 2.45) is 17.3 Å². The first kappa shape index (κ1) is 16.8. The van der Waals surface area contributed by atoms with Gasteiger partial charge in [-0.25, -0.2) is 0 Å². The summed E-state index contributed by atoms with van der Waals surface area (Å²) in [6, 6.07) is 0. The minimum Gasteiger partial charge on any atom is -0.355 e. The van der Waals surface area contributed by atoms with E-state index < -0.39 is 18.0 Å². The van der Waals surface area contributed by atoms with Gasteiger partial charge >= 0.3 is 6.18 Å². The van der Waals surface area contributed by atoms with E-state index in [0.717, 1.165) is 5.33 Å². The van der Waals surface area contributed by atoms with Gasteiger partial charge in [0.25, 0.3) is 0 Å². The van der Waals surface area contributed by atoms with Gasteiger partial charge < -0.3 is 5.32 Å². The predicted octanol–water partition coefficient (Wildman–Crippen LogP) is 3.89. The van der Waals surface area contributed by atoms with Crippen LogP contribution < -0.4 is 5.32 Å². The summed E-state index contributed by atoms with van der Waals surface area (Å²) in [5.41, 5.74) is -0.0895. The molecule has 1 aliphatic carbocycles. The fourth-order valence-corrected chi connectivity index (χ4v) is 2.44. The lowest BCUT2D eigenvalue weighted by molar-refractivity contribution is -0.186. The molecule has 0 heterocycles. The van der Waals surface area contributed by atoms with Crippen LogP contribution in [0.3, 0.4) is 0 Å². The summed E-state index contributed by atoms with van der Waals surface area (Å²) in [5, 5.41) is 3.51. The molecule has 0 aromatic rings. The van der Waals surface area contributed by atoms with Crippen LogP contribution >= 0.6 is 15.9 Å². The van der Waals surface area contributed by atoms with Gasteiger partial charge in [0, 0.05) is 17.8 Å². The Kier molecular flexibility index (Phi) is 5.71. The van der Waals surface area contributed by atoms with Crippen molar-refractivity contribution >= 4 is 21.8 Å². The SMILES string of the molecule is CC(C)(CBr)CNC(=O)C1CCCC(C(F)(F)F)C1. The maximum Gasteiger partial charge on any atom is 0.391 e. The number of rotatable bonds is 4. The van der Waals surface area contributed by atoms with Crippen LogP contribution in [0.25, 0.3) is 0 Å². The summed E-state index contributed by atoms with van der Waals surface area (Å²) >= 11 is 3.35. The highest BCUT2D eigenvalue weighted by Gasteiger charge is 2.43. The van der Waals surface area contributed by atoms with Gasteiger partial charge in [0.15, 0.2) is 0 Å². The molecule has 1 rings (SSSR count). The number of hydrogen-bond acceptors (Lipinski definition) is 1. The zero-order valence-corrected chi connectivity index (χ0v) is 12.9. The molecule has 1 aliphatic rings. The first-order valence-corrected chi connectivity index (χ1v) is 7.68. The van der Waals surface area contributed by atoms with Crippen LogP contribution in [0.5, 0.6) is 0 Å². The molecular formula is C13H21BrF3NO. The van der Waals surface area contributed by atoms with Gasteiger partial charge in [-0.2, -0.15) is 13.2 Å². The molecular weight excluding hydrogens is 323 g/mol. The van der Waals surface area contributed by atoms with Gasteiger partial charge in [0.05, 0.1) is 5.92 Å². The molecule has 6 heteroatoms. The molecule has 0 aromatic heterocycles. The Bertz CT molecular complexity index is 318. The number of amides is 1. The fraction of sp³-hybridized carbons (Fsp3) is 0.923. The van der Waals surface area contributed by atoms with E-state index in [1.165, 1.54) is 0 Å². The molecule has 1 N–H and O–H groups in total. The Labute approximate surface area is 120 Å². The third kappa shape index (κ3) is 5.32. The average molecular weight is 344 g/mol. The van der Waals surface area contributed by atoms with Crippen LogP contribution in [-0.2, 0) is 4.79 Å².